The van der Waals surface area contributed by atoms with Gasteiger partial charge in [-0.05, 0) is 25.2 Å². The molecule has 1 aliphatic rings. The van der Waals surface area contributed by atoms with Crippen molar-refractivity contribution in [3.63, 3.8) is 0 Å². The summed E-state index contributed by atoms with van der Waals surface area (Å²) in [6, 6.07) is 4.05. The Morgan fingerprint density at radius 2 is 2.05 bits per heavy atom. The first-order valence-electron chi connectivity index (χ1n) is 6.99. The molecule has 1 aromatic rings. The molecule has 1 aromatic carbocycles. The molecule has 0 saturated carbocycles. The van der Waals surface area contributed by atoms with Gasteiger partial charge in [-0.2, -0.15) is 0 Å². The van der Waals surface area contributed by atoms with Crippen LogP contribution in [0.15, 0.2) is 18.2 Å². The molecule has 0 bridgehead atoms. The molecule has 0 aliphatic carbocycles. The second kappa shape index (κ2) is 7.21. The summed E-state index contributed by atoms with van der Waals surface area (Å²) in [6.07, 6.45) is 0.333. The molecule has 1 N–H and O–H groups in total. The van der Waals surface area contributed by atoms with Crippen molar-refractivity contribution in [2.24, 2.45) is 0 Å². The molecular formula is C16H19FN2O2. The topological polar surface area (TPSA) is 43.8 Å². The standard InChI is InChI=1S/C16H19FN2O2/c1-18-7-9-19(10-8-18)16(21)15-12-14(17)6-5-13(15)4-2-3-11-20/h5-6,12,20H,3,7-11H2,1H3. The predicted molar refractivity (Wildman–Crippen MR) is 78.4 cm³/mol. The minimum atomic E-state index is -0.444. The second-order valence-corrected chi connectivity index (χ2v) is 5.06. The van der Waals surface area contributed by atoms with Crippen molar-refractivity contribution >= 4 is 5.91 Å². The van der Waals surface area contributed by atoms with Crippen LogP contribution in [0.5, 0.6) is 0 Å². The highest BCUT2D eigenvalue weighted by Crippen LogP contribution is 2.14. The molecule has 0 spiro atoms. The van der Waals surface area contributed by atoms with Crippen molar-refractivity contribution in [1.29, 1.82) is 0 Å². The minimum Gasteiger partial charge on any atom is -0.395 e. The Hall–Kier alpha value is -1.90. The lowest BCUT2D eigenvalue weighted by Gasteiger charge is -2.32. The van der Waals surface area contributed by atoms with Crippen LogP contribution < -0.4 is 0 Å². The Kier molecular flexibility index (Phi) is 5.32. The molecule has 0 unspecified atom stereocenters. The maximum Gasteiger partial charge on any atom is 0.255 e. The smallest absolute Gasteiger partial charge is 0.255 e. The average molecular weight is 290 g/mol. The molecule has 2 rings (SSSR count). The van der Waals surface area contributed by atoms with E-state index < -0.39 is 5.82 Å². The van der Waals surface area contributed by atoms with Gasteiger partial charge in [0, 0.05) is 38.2 Å². The Morgan fingerprint density at radius 1 is 1.33 bits per heavy atom. The Labute approximate surface area is 124 Å². The highest BCUT2D eigenvalue weighted by Gasteiger charge is 2.22. The number of rotatable bonds is 2. The number of nitrogens with zero attached hydrogens (tertiary/aromatic N) is 2. The lowest BCUT2D eigenvalue weighted by atomic mass is 10.1. The number of carbonyl (C=O) groups is 1. The molecule has 5 heteroatoms. The van der Waals surface area contributed by atoms with Gasteiger partial charge in [-0.25, -0.2) is 4.39 Å². The zero-order valence-corrected chi connectivity index (χ0v) is 12.1. The van der Waals surface area contributed by atoms with E-state index in [1.165, 1.54) is 18.2 Å². The number of halogens is 1. The maximum atomic E-state index is 13.5. The first-order valence-corrected chi connectivity index (χ1v) is 6.99. The number of aliphatic hydroxyl groups excluding tert-OH is 1. The third-order valence-electron chi connectivity index (χ3n) is 3.46. The van der Waals surface area contributed by atoms with Gasteiger partial charge in [0.1, 0.15) is 5.82 Å². The number of likely N-dealkylation sites (N-methyl/N-ethyl adjacent to an activating group) is 1. The SMILES string of the molecule is CN1CCN(C(=O)c2cc(F)ccc2C#CCCO)CC1. The number of aliphatic hydroxyl groups is 1. The summed E-state index contributed by atoms with van der Waals surface area (Å²) in [6.45, 7) is 2.86. The largest absolute Gasteiger partial charge is 0.395 e. The first kappa shape index (κ1) is 15.5. The van der Waals surface area contributed by atoms with Crippen LogP contribution in [-0.2, 0) is 0 Å². The summed E-state index contributed by atoms with van der Waals surface area (Å²) in [7, 11) is 2.01. The van der Waals surface area contributed by atoms with Crippen LogP contribution in [0.25, 0.3) is 0 Å². The third kappa shape index (κ3) is 4.03. The molecular weight excluding hydrogens is 271 g/mol. The van der Waals surface area contributed by atoms with E-state index in [0.29, 0.717) is 30.6 Å². The van der Waals surface area contributed by atoms with Crippen LogP contribution >= 0.6 is 0 Å². The number of hydrogen-bond acceptors (Lipinski definition) is 3. The highest BCUT2D eigenvalue weighted by atomic mass is 19.1. The van der Waals surface area contributed by atoms with Crippen molar-refractivity contribution in [3.8, 4) is 11.8 Å². The highest BCUT2D eigenvalue weighted by molar-refractivity contribution is 5.96. The van der Waals surface area contributed by atoms with E-state index in [1.807, 2.05) is 7.05 Å². The Bertz CT molecular complexity index is 569. The zero-order valence-electron chi connectivity index (χ0n) is 12.1. The quantitative estimate of drug-likeness (QED) is 0.825. The molecule has 0 aromatic heterocycles. The summed E-state index contributed by atoms with van der Waals surface area (Å²) in [4.78, 5) is 16.4. The normalized spacial score (nSPS) is 15.5. The molecule has 4 nitrogen and oxygen atoms in total. The van der Waals surface area contributed by atoms with E-state index in [1.54, 1.807) is 4.90 Å². The maximum absolute atomic E-state index is 13.5. The average Bonchev–Trinajstić information content (AvgIpc) is 2.49. The van der Waals surface area contributed by atoms with Gasteiger partial charge in [0.2, 0.25) is 0 Å². The van der Waals surface area contributed by atoms with Gasteiger partial charge in [0.15, 0.2) is 0 Å². The van der Waals surface area contributed by atoms with Crippen molar-refractivity contribution in [2.45, 2.75) is 6.42 Å². The minimum absolute atomic E-state index is 0.0318. The van der Waals surface area contributed by atoms with Gasteiger partial charge in [-0.15, -0.1) is 0 Å². The number of piperazine rings is 1. The van der Waals surface area contributed by atoms with Gasteiger partial charge in [0.25, 0.3) is 5.91 Å². The summed E-state index contributed by atoms with van der Waals surface area (Å²) in [5.74, 6) is 4.98. The molecule has 0 radical (unpaired) electrons. The van der Waals surface area contributed by atoms with Crippen molar-refractivity contribution < 1.29 is 14.3 Å². The van der Waals surface area contributed by atoms with Crippen LogP contribution in [-0.4, -0.2) is 60.6 Å². The van der Waals surface area contributed by atoms with Crippen molar-refractivity contribution in [1.82, 2.24) is 9.80 Å². The number of amides is 1. The van der Waals surface area contributed by atoms with Crippen molar-refractivity contribution in [3.05, 3.63) is 35.1 Å². The fourth-order valence-electron chi connectivity index (χ4n) is 2.20. The lowest BCUT2D eigenvalue weighted by molar-refractivity contribution is 0.0663. The van der Waals surface area contributed by atoms with Crippen LogP contribution in [0, 0.1) is 17.7 Å². The fourth-order valence-corrected chi connectivity index (χ4v) is 2.20. The summed E-state index contributed by atoms with van der Waals surface area (Å²) in [5, 5.41) is 8.75. The summed E-state index contributed by atoms with van der Waals surface area (Å²) < 4.78 is 13.5. The molecule has 112 valence electrons. The predicted octanol–water partition coefficient (Wildman–Crippen LogP) is 0.947. The number of benzene rings is 1. The fraction of sp³-hybridized carbons (Fsp3) is 0.438. The van der Waals surface area contributed by atoms with Gasteiger partial charge >= 0.3 is 0 Å². The van der Waals surface area contributed by atoms with Crippen LogP contribution in [0.3, 0.4) is 0 Å². The van der Waals surface area contributed by atoms with Crippen LogP contribution in [0.1, 0.15) is 22.3 Å². The van der Waals surface area contributed by atoms with Gasteiger partial charge in [-0.1, -0.05) is 11.8 Å². The molecule has 0 atom stereocenters. The molecule has 1 fully saturated rings. The number of hydrogen-bond donors (Lipinski definition) is 1. The van der Waals surface area contributed by atoms with E-state index in [9.17, 15) is 9.18 Å². The molecule has 1 heterocycles. The molecule has 1 saturated heterocycles. The lowest BCUT2D eigenvalue weighted by Crippen LogP contribution is -2.47. The third-order valence-corrected chi connectivity index (χ3v) is 3.46. The van der Waals surface area contributed by atoms with Crippen LogP contribution in [0.4, 0.5) is 4.39 Å². The van der Waals surface area contributed by atoms with Gasteiger partial charge < -0.3 is 14.9 Å². The van der Waals surface area contributed by atoms with E-state index in [0.717, 1.165) is 13.1 Å². The van der Waals surface area contributed by atoms with Crippen molar-refractivity contribution in [2.75, 3.05) is 39.8 Å². The Balaban J connectivity index is 2.23. The monoisotopic (exact) mass is 290 g/mol. The van der Waals surface area contributed by atoms with Crippen LogP contribution in [0.2, 0.25) is 0 Å². The molecule has 21 heavy (non-hydrogen) atoms. The van der Waals surface area contributed by atoms with E-state index in [2.05, 4.69) is 16.7 Å². The van der Waals surface area contributed by atoms with Gasteiger partial charge in [0.05, 0.1) is 12.2 Å². The second-order valence-electron chi connectivity index (χ2n) is 5.06. The van der Waals surface area contributed by atoms with E-state index in [-0.39, 0.29) is 12.5 Å². The number of carbonyl (C=O) groups excluding carboxylic acids is 1. The molecule has 1 aliphatic heterocycles. The first-order chi connectivity index (χ1) is 10.1. The van der Waals surface area contributed by atoms with E-state index >= 15 is 0 Å². The van der Waals surface area contributed by atoms with E-state index in [4.69, 9.17) is 5.11 Å². The summed E-state index contributed by atoms with van der Waals surface area (Å²) >= 11 is 0. The van der Waals surface area contributed by atoms with Gasteiger partial charge in [-0.3, -0.25) is 4.79 Å². The Morgan fingerprint density at radius 3 is 2.71 bits per heavy atom. The summed E-state index contributed by atoms with van der Waals surface area (Å²) in [5.41, 5.74) is 0.804. The molecule has 1 amide bonds. The zero-order chi connectivity index (χ0) is 15.2.